The highest BCUT2D eigenvalue weighted by atomic mass is 35.5. The molecule has 1 saturated heterocycles. The third-order valence-electron chi connectivity index (χ3n) is 5.09. The van der Waals surface area contributed by atoms with Gasteiger partial charge in [0.1, 0.15) is 0 Å². The lowest BCUT2D eigenvalue weighted by Gasteiger charge is -2.16. The highest BCUT2D eigenvalue weighted by Crippen LogP contribution is 2.33. The standard InChI is InChI=1S/C23H24ClN5O3/c1-14(2)12-25-23(31)26-18-7-3-5-15(9-18)21-27-22(32-28-21)16-10-20(30)29(13-16)19-8-4-6-17(24)11-19/h3-9,11,14,16H,10,12-13H2,1-2H3,(H2,25,26,31)/t16-/m1/s1. The number of amides is 3. The summed E-state index contributed by atoms with van der Waals surface area (Å²) in [6, 6.07) is 14.1. The Morgan fingerprint density at radius 1 is 1.25 bits per heavy atom. The minimum atomic E-state index is -0.268. The number of urea groups is 1. The molecule has 0 aliphatic carbocycles. The summed E-state index contributed by atoms with van der Waals surface area (Å²) in [5.74, 6) is 0.953. The molecule has 1 fully saturated rings. The summed E-state index contributed by atoms with van der Waals surface area (Å²) in [6.45, 7) is 5.09. The van der Waals surface area contributed by atoms with Gasteiger partial charge in [0.25, 0.3) is 0 Å². The zero-order chi connectivity index (χ0) is 22.7. The first-order chi connectivity index (χ1) is 15.4. The van der Waals surface area contributed by atoms with E-state index in [1.807, 2.05) is 38.1 Å². The molecule has 32 heavy (non-hydrogen) atoms. The highest BCUT2D eigenvalue weighted by Gasteiger charge is 2.35. The molecule has 166 valence electrons. The van der Waals surface area contributed by atoms with Crippen molar-refractivity contribution in [1.29, 1.82) is 0 Å². The molecule has 0 bridgehead atoms. The number of rotatable bonds is 6. The van der Waals surface area contributed by atoms with Crippen molar-refractivity contribution in [3.05, 3.63) is 59.4 Å². The number of aromatic nitrogens is 2. The van der Waals surface area contributed by atoms with Gasteiger partial charge in [0.15, 0.2) is 0 Å². The van der Waals surface area contributed by atoms with Gasteiger partial charge in [-0.1, -0.05) is 48.8 Å². The van der Waals surface area contributed by atoms with Crippen molar-refractivity contribution < 1.29 is 14.1 Å². The molecular formula is C23H24ClN5O3. The lowest BCUT2D eigenvalue weighted by Crippen LogP contribution is -2.31. The van der Waals surface area contributed by atoms with Crippen LogP contribution in [0, 0.1) is 5.92 Å². The van der Waals surface area contributed by atoms with Crippen LogP contribution >= 0.6 is 11.6 Å². The SMILES string of the molecule is CC(C)CNC(=O)Nc1cccc(-c2noc([C@@H]3CC(=O)N(c4cccc(Cl)c4)C3)n2)c1. The van der Waals surface area contributed by atoms with Crippen molar-refractivity contribution in [2.75, 3.05) is 23.3 Å². The first-order valence-corrected chi connectivity index (χ1v) is 10.8. The molecule has 2 aromatic carbocycles. The molecule has 0 spiro atoms. The van der Waals surface area contributed by atoms with E-state index in [1.54, 1.807) is 29.2 Å². The summed E-state index contributed by atoms with van der Waals surface area (Å²) in [7, 11) is 0. The summed E-state index contributed by atoms with van der Waals surface area (Å²) < 4.78 is 5.48. The van der Waals surface area contributed by atoms with Crippen molar-refractivity contribution in [3.8, 4) is 11.4 Å². The molecule has 2 heterocycles. The number of benzene rings is 2. The third-order valence-corrected chi connectivity index (χ3v) is 5.32. The second kappa shape index (κ2) is 9.40. The van der Waals surface area contributed by atoms with Crippen molar-refractivity contribution in [3.63, 3.8) is 0 Å². The average Bonchev–Trinajstić information content (AvgIpc) is 3.39. The van der Waals surface area contributed by atoms with Gasteiger partial charge in [-0.05, 0) is 36.2 Å². The molecule has 0 radical (unpaired) electrons. The van der Waals surface area contributed by atoms with E-state index >= 15 is 0 Å². The van der Waals surface area contributed by atoms with E-state index in [-0.39, 0.29) is 24.3 Å². The fourth-order valence-corrected chi connectivity index (χ4v) is 3.68. The maximum absolute atomic E-state index is 12.5. The Bertz CT molecular complexity index is 1130. The maximum atomic E-state index is 12.5. The monoisotopic (exact) mass is 453 g/mol. The predicted octanol–water partition coefficient (Wildman–Crippen LogP) is 4.69. The van der Waals surface area contributed by atoms with Crippen molar-refractivity contribution in [2.24, 2.45) is 5.92 Å². The van der Waals surface area contributed by atoms with Crippen LogP contribution in [0.5, 0.6) is 0 Å². The fraction of sp³-hybridized carbons (Fsp3) is 0.304. The second-order valence-corrected chi connectivity index (χ2v) is 8.59. The van der Waals surface area contributed by atoms with Gasteiger partial charge in [0, 0.05) is 41.5 Å². The summed E-state index contributed by atoms with van der Waals surface area (Å²) in [4.78, 5) is 30.8. The topological polar surface area (TPSA) is 100 Å². The maximum Gasteiger partial charge on any atom is 0.319 e. The second-order valence-electron chi connectivity index (χ2n) is 8.15. The molecule has 9 heteroatoms. The molecule has 0 saturated carbocycles. The van der Waals surface area contributed by atoms with Crippen molar-refractivity contribution in [1.82, 2.24) is 15.5 Å². The van der Waals surface area contributed by atoms with E-state index in [1.165, 1.54) is 0 Å². The molecule has 3 aromatic rings. The Morgan fingerprint density at radius 2 is 2.06 bits per heavy atom. The smallest absolute Gasteiger partial charge is 0.319 e. The van der Waals surface area contributed by atoms with Gasteiger partial charge in [0.2, 0.25) is 17.6 Å². The zero-order valence-electron chi connectivity index (χ0n) is 17.8. The number of halogens is 1. The number of nitrogens with zero attached hydrogens (tertiary/aromatic N) is 3. The summed E-state index contributed by atoms with van der Waals surface area (Å²) in [5, 5.41) is 10.3. The quantitative estimate of drug-likeness (QED) is 0.564. The van der Waals surface area contributed by atoms with Crippen molar-refractivity contribution >= 4 is 34.9 Å². The van der Waals surface area contributed by atoms with Crippen LogP contribution in [0.25, 0.3) is 11.4 Å². The third kappa shape index (κ3) is 5.08. The van der Waals surface area contributed by atoms with E-state index in [2.05, 4.69) is 20.8 Å². The Labute approximate surface area is 190 Å². The molecular weight excluding hydrogens is 430 g/mol. The van der Waals surface area contributed by atoms with E-state index in [0.29, 0.717) is 47.0 Å². The number of anilines is 2. The zero-order valence-corrected chi connectivity index (χ0v) is 18.6. The van der Waals surface area contributed by atoms with Crippen LogP contribution in [-0.2, 0) is 4.79 Å². The highest BCUT2D eigenvalue weighted by molar-refractivity contribution is 6.30. The van der Waals surface area contributed by atoms with E-state index in [0.717, 1.165) is 5.69 Å². The van der Waals surface area contributed by atoms with Crippen LogP contribution < -0.4 is 15.5 Å². The van der Waals surface area contributed by atoms with Gasteiger partial charge in [-0.15, -0.1) is 0 Å². The van der Waals surface area contributed by atoms with Gasteiger partial charge in [0.05, 0.1) is 5.92 Å². The van der Waals surface area contributed by atoms with Crippen LogP contribution in [-0.4, -0.2) is 35.2 Å². The Balaban J connectivity index is 1.45. The van der Waals surface area contributed by atoms with Crippen LogP contribution in [0.2, 0.25) is 5.02 Å². The molecule has 1 atom stereocenters. The molecule has 3 amide bonds. The van der Waals surface area contributed by atoms with Gasteiger partial charge in [-0.2, -0.15) is 4.98 Å². The molecule has 1 aliphatic heterocycles. The van der Waals surface area contributed by atoms with Gasteiger partial charge >= 0.3 is 6.03 Å². The largest absolute Gasteiger partial charge is 0.339 e. The molecule has 2 N–H and O–H groups in total. The van der Waals surface area contributed by atoms with Gasteiger partial charge < -0.3 is 20.1 Å². The lowest BCUT2D eigenvalue weighted by molar-refractivity contribution is -0.117. The number of carbonyl (C=O) groups is 2. The normalized spacial score (nSPS) is 15.9. The molecule has 8 nitrogen and oxygen atoms in total. The number of hydrogen-bond acceptors (Lipinski definition) is 5. The van der Waals surface area contributed by atoms with Crippen LogP contribution in [0.1, 0.15) is 32.1 Å². The molecule has 4 rings (SSSR count). The first-order valence-electron chi connectivity index (χ1n) is 10.4. The molecule has 1 aliphatic rings. The minimum Gasteiger partial charge on any atom is -0.339 e. The first kappa shape index (κ1) is 21.8. The van der Waals surface area contributed by atoms with Gasteiger partial charge in [-0.25, -0.2) is 4.79 Å². The predicted molar refractivity (Wildman–Crippen MR) is 123 cm³/mol. The number of nitrogens with one attached hydrogen (secondary N) is 2. The minimum absolute atomic E-state index is 0.0179. The van der Waals surface area contributed by atoms with Crippen molar-refractivity contribution in [2.45, 2.75) is 26.2 Å². The van der Waals surface area contributed by atoms with Gasteiger partial charge in [-0.3, -0.25) is 4.79 Å². The molecule has 1 aromatic heterocycles. The van der Waals surface area contributed by atoms with Crippen LogP contribution in [0.15, 0.2) is 53.1 Å². The Hall–Kier alpha value is -3.39. The summed E-state index contributed by atoms with van der Waals surface area (Å²) in [6.07, 6.45) is 0.283. The fourth-order valence-electron chi connectivity index (χ4n) is 3.49. The summed E-state index contributed by atoms with van der Waals surface area (Å²) in [5.41, 5.74) is 2.08. The number of carbonyl (C=O) groups excluding carboxylic acids is 2. The molecule has 0 unspecified atom stereocenters. The average molecular weight is 454 g/mol. The van der Waals surface area contributed by atoms with E-state index in [4.69, 9.17) is 16.1 Å². The Morgan fingerprint density at radius 3 is 2.84 bits per heavy atom. The van der Waals surface area contributed by atoms with E-state index < -0.39 is 0 Å². The van der Waals surface area contributed by atoms with Crippen LogP contribution in [0.3, 0.4) is 0 Å². The van der Waals surface area contributed by atoms with E-state index in [9.17, 15) is 9.59 Å². The summed E-state index contributed by atoms with van der Waals surface area (Å²) >= 11 is 6.06. The van der Waals surface area contributed by atoms with Crippen LogP contribution in [0.4, 0.5) is 16.2 Å². The Kier molecular flexibility index (Phi) is 6.41. The number of hydrogen-bond donors (Lipinski definition) is 2. The lowest BCUT2D eigenvalue weighted by atomic mass is 10.1.